The number of rotatable bonds is 2. The molecule has 0 saturated carbocycles. The molecule has 0 amide bonds. The summed E-state index contributed by atoms with van der Waals surface area (Å²) in [6.07, 6.45) is 5.82. The third-order valence-electron chi connectivity index (χ3n) is 0.542. The summed E-state index contributed by atoms with van der Waals surface area (Å²) in [4.78, 5) is 9.75. The molecule has 3 heteroatoms. The standard InChI is InChI=1S/C6H8O2.C3H8O/c1-2-3-4-5-6(7)8;1-3(2)4/h2-5H,1H3,(H,7,8);3-4H,1-2H3/b3-2+,5-4+;. The van der Waals surface area contributed by atoms with E-state index in [1.54, 1.807) is 26.0 Å². The number of carboxylic acids is 1. The van der Waals surface area contributed by atoms with Crippen molar-refractivity contribution in [3.63, 3.8) is 0 Å². The smallest absolute Gasteiger partial charge is 0.328 e. The first-order valence-corrected chi connectivity index (χ1v) is 3.71. The second-order valence-electron chi connectivity index (χ2n) is 2.32. The van der Waals surface area contributed by atoms with Gasteiger partial charge in [-0.1, -0.05) is 18.2 Å². The number of carboxylic acid groups (broad SMARTS) is 1. The SMILES string of the molecule is C/C=C/C=C/C(=O)O.CC(C)O. The first-order valence-electron chi connectivity index (χ1n) is 3.71. The molecule has 0 unspecified atom stereocenters. The predicted molar refractivity (Wildman–Crippen MR) is 48.9 cm³/mol. The van der Waals surface area contributed by atoms with E-state index in [4.69, 9.17) is 10.2 Å². The van der Waals surface area contributed by atoms with Gasteiger partial charge in [0.2, 0.25) is 0 Å². The third kappa shape index (κ3) is 36.5. The Morgan fingerprint density at radius 2 is 1.75 bits per heavy atom. The molecule has 0 radical (unpaired) electrons. The maximum atomic E-state index is 9.75. The molecule has 0 bridgehead atoms. The monoisotopic (exact) mass is 172 g/mol. The molecule has 0 aliphatic carbocycles. The molecular weight excluding hydrogens is 156 g/mol. The number of aliphatic hydroxyl groups is 1. The molecule has 0 fully saturated rings. The quantitative estimate of drug-likeness (QED) is 0.491. The van der Waals surface area contributed by atoms with E-state index >= 15 is 0 Å². The van der Waals surface area contributed by atoms with Gasteiger partial charge in [0.25, 0.3) is 0 Å². The van der Waals surface area contributed by atoms with Gasteiger partial charge >= 0.3 is 5.97 Å². The molecule has 0 aromatic carbocycles. The molecule has 70 valence electrons. The van der Waals surface area contributed by atoms with Crippen LogP contribution in [0.25, 0.3) is 0 Å². The van der Waals surface area contributed by atoms with E-state index in [0.717, 1.165) is 6.08 Å². The summed E-state index contributed by atoms with van der Waals surface area (Å²) in [7, 11) is 0. The summed E-state index contributed by atoms with van der Waals surface area (Å²) in [6, 6.07) is 0. The van der Waals surface area contributed by atoms with Crippen molar-refractivity contribution < 1.29 is 15.0 Å². The average Bonchev–Trinajstić information content (AvgIpc) is 1.86. The Kier molecular flexibility index (Phi) is 11.1. The van der Waals surface area contributed by atoms with Gasteiger partial charge in [-0.15, -0.1) is 0 Å². The number of aliphatic carboxylic acids is 1. The number of hydrogen-bond donors (Lipinski definition) is 2. The van der Waals surface area contributed by atoms with Crippen LogP contribution in [0.5, 0.6) is 0 Å². The van der Waals surface area contributed by atoms with Crippen LogP contribution in [0, 0.1) is 0 Å². The molecule has 0 aromatic heterocycles. The van der Waals surface area contributed by atoms with Gasteiger partial charge in [0.05, 0.1) is 0 Å². The summed E-state index contributed by atoms with van der Waals surface area (Å²) in [5.74, 6) is -0.914. The van der Waals surface area contributed by atoms with Crippen molar-refractivity contribution in [1.29, 1.82) is 0 Å². The Morgan fingerprint density at radius 1 is 1.33 bits per heavy atom. The molecule has 0 spiro atoms. The summed E-state index contributed by atoms with van der Waals surface area (Å²) < 4.78 is 0. The fourth-order valence-electron chi connectivity index (χ4n) is 0.249. The molecule has 0 heterocycles. The lowest BCUT2D eigenvalue weighted by Gasteiger charge is -1.80. The minimum absolute atomic E-state index is 0.167. The van der Waals surface area contributed by atoms with E-state index in [2.05, 4.69) is 0 Å². The van der Waals surface area contributed by atoms with Crippen LogP contribution in [0.15, 0.2) is 24.3 Å². The molecule has 0 saturated heterocycles. The summed E-state index contributed by atoms with van der Waals surface area (Å²) in [5.41, 5.74) is 0. The van der Waals surface area contributed by atoms with E-state index in [-0.39, 0.29) is 6.10 Å². The van der Waals surface area contributed by atoms with Crippen LogP contribution in [-0.2, 0) is 4.79 Å². The molecular formula is C9H16O3. The zero-order valence-corrected chi connectivity index (χ0v) is 7.69. The second kappa shape index (κ2) is 9.91. The predicted octanol–water partition coefficient (Wildman–Crippen LogP) is 1.59. The van der Waals surface area contributed by atoms with E-state index in [1.807, 2.05) is 6.92 Å². The summed E-state index contributed by atoms with van der Waals surface area (Å²) in [6.45, 7) is 5.27. The van der Waals surface area contributed by atoms with Crippen molar-refractivity contribution >= 4 is 5.97 Å². The number of carbonyl (C=O) groups is 1. The number of aliphatic hydroxyl groups excluding tert-OH is 1. The van der Waals surface area contributed by atoms with Crippen molar-refractivity contribution in [2.75, 3.05) is 0 Å². The molecule has 0 aliphatic heterocycles. The Morgan fingerprint density at radius 3 is 2.00 bits per heavy atom. The van der Waals surface area contributed by atoms with E-state index in [9.17, 15) is 4.79 Å². The fraction of sp³-hybridized carbons (Fsp3) is 0.444. The van der Waals surface area contributed by atoms with Gasteiger partial charge in [-0.05, 0) is 20.8 Å². The minimum Gasteiger partial charge on any atom is -0.478 e. The van der Waals surface area contributed by atoms with Crippen LogP contribution in [0.3, 0.4) is 0 Å². The number of allylic oxidation sites excluding steroid dienone is 3. The minimum atomic E-state index is -0.914. The Bertz CT molecular complexity index is 154. The summed E-state index contributed by atoms with van der Waals surface area (Å²) in [5, 5.41) is 16.1. The highest BCUT2D eigenvalue weighted by molar-refractivity contribution is 5.80. The van der Waals surface area contributed by atoms with Crippen LogP contribution in [0.1, 0.15) is 20.8 Å². The van der Waals surface area contributed by atoms with Gasteiger partial charge < -0.3 is 10.2 Å². The maximum Gasteiger partial charge on any atom is 0.328 e. The first kappa shape index (κ1) is 13.5. The van der Waals surface area contributed by atoms with Gasteiger partial charge in [-0.2, -0.15) is 0 Å². The molecule has 0 atom stereocenters. The normalized spacial score (nSPS) is 10.4. The lowest BCUT2D eigenvalue weighted by atomic mass is 10.4. The van der Waals surface area contributed by atoms with E-state index in [1.165, 1.54) is 6.08 Å². The van der Waals surface area contributed by atoms with Crippen LogP contribution in [0.2, 0.25) is 0 Å². The zero-order valence-electron chi connectivity index (χ0n) is 7.69. The molecule has 12 heavy (non-hydrogen) atoms. The molecule has 0 rings (SSSR count). The molecule has 2 N–H and O–H groups in total. The van der Waals surface area contributed by atoms with Gasteiger partial charge in [-0.3, -0.25) is 0 Å². The van der Waals surface area contributed by atoms with Crippen molar-refractivity contribution in [2.45, 2.75) is 26.9 Å². The van der Waals surface area contributed by atoms with Gasteiger partial charge in [0, 0.05) is 12.2 Å². The van der Waals surface area contributed by atoms with Crippen LogP contribution in [-0.4, -0.2) is 22.3 Å². The summed E-state index contributed by atoms with van der Waals surface area (Å²) >= 11 is 0. The van der Waals surface area contributed by atoms with Crippen LogP contribution < -0.4 is 0 Å². The molecule has 3 nitrogen and oxygen atoms in total. The highest BCUT2D eigenvalue weighted by Crippen LogP contribution is 1.74. The van der Waals surface area contributed by atoms with Gasteiger partial charge in [-0.25, -0.2) is 4.79 Å². The molecule has 0 aliphatic rings. The van der Waals surface area contributed by atoms with E-state index in [0.29, 0.717) is 0 Å². The van der Waals surface area contributed by atoms with Gasteiger partial charge in [0.15, 0.2) is 0 Å². The third-order valence-corrected chi connectivity index (χ3v) is 0.542. The average molecular weight is 172 g/mol. The zero-order chi connectivity index (χ0) is 9.98. The Balaban J connectivity index is 0. The number of hydrogen-bond acceptors (Lipinski definition) is 2. The molecule has 0 aromatic rings. The fourth-order valence-corrected chi connectivity index (χ4v) is 0.249. The van der Waals surface area contributed by atoms with Crippen molar-refractivity contribution in [3.8, 4) is 0 Å². The topological polar surface area (TPSA) is 57.5 Å². The highest BCUT2D eigenvalue weighted by atomic mass is 16.4. The lowest BCUT2D eigenvalue weighted by Crippen LogP contribution is -1.85. The largest absolute Gasteiger partial charge is 0.478 e. The van der Waals surface area contributed by atoms with Crippen LogP contribution in [0.4, 0.5) is 0 Å². The Hall–Kier alpha value is -1.09. The first-order chi connectivity index (χ1) is 5.50. The second-order valence-corrected chi connectivity index (χ2v) is 2.32. The van der Waals surface area contributed by atoms with E-state index < -0.39 is 5.97 Å². The van der Waals surface area contributed by atoms with Crippen molar-refractivity contribution in [2.24, 2.45) is 0 Å². The van der Waals surface area contributed by atoms with Crippen LogP contribution >= 0.6 is 0 Å². The van der Waals surface area contributed by atoms with Crippen molar-refractivity contribution in [1.82, 2.24) is 0 Å². The lowest BCUT2D eigenvalue weighted by molar-refractivity contribution is -0.131. The highest BCUT2D eigenvalue weighted by Gasteiger charge is 1.78. The van der Waals surface area contributed by atoms with Gasteiger partial charge in [0.1, 0.15) is 0 Å². The Labute approximate surface area is 73.0 Å². The maximum absolute atomic E-state index is 9.75. The van der Waals surface area contributed by atoms with Crippen molar-refractivity contribution in [3.05, 3.63) is 24.3 Å².